The molecule has 21 heavy (non-hydrogen) atoms. The van der Waals surface area contributed by atoms with Gasteiger partial charge in [0, 0.05) is 23.0 Å². The van der Waals surface area contributed by atoms with Gasteiger partial charge in [-0.3, -0.25) is 0 Å². The number of fused-ring (bicyclic) bond motifs is 1. The van der Waals surface area contributed by atoms with E-state index in [1.807, 2.05) is 19.1 Å². The summed E-state index contributed by atoms with van der Waals surface area (Å²) in [5, 5.41) is 1.98. The fourth-order valence-electron chi connectivity index (χ4n) is 2.57. The van der Waals surface area contributed by atoms with Crippen LogP contribution in [0.2, 0.25) is 0 Å². The quantitative estimate of drug-likeness (QED) is 0.648. The third-order valence-electron chi connectivity index (χ3n) is 3.63. The Bertz CT molecular complexity index is 744. The summed E-state index contributed by atoms with van der Waals surface area (Å²) in [6, 6.07) is 8.17. The highest BCUT2D eigenvalue weighted by molar-refractivity contribution is 7.10. The van der Waals surface area contributed by atoms with Crippen molar-refractivity contribution in [3.05, 3.63) is 46.5 Å². The number of rotatable bonds is 4. The molecule has 0 aliphatic carbocycles. The maximum absolute atomic E-state index is 6.33. The van der Waals surface area contributed by atoms with Crippen LogP contribution in [0.15, 0.2) is 35.8 Å². The van der Waals surface area contributed by atoms with Crippen molar-refractivity contribution >= 4 is 34.1 Å². The van der Waals surface area contributed by atoms with E-state index in [4.69, 9.17) is 11.6 Å². The number of pyridine rings is 1. The number of thiophene rings is 1. The number of nitrogens with zero attached hydrogens (tertiary/aromatic N) is 3. The predicted octanol–water partition coefficient (Wildman–Crippen LogP) is 4.77. The fraction of sp³-hybridized carbons (Fsp3) is 0.375. The smallest absolute Gasteiger partial charge is 0.160 e. The normalized spacial score (nSPS) is 13.7. The standard InChI is InChI=1S/C16H18ClN3S/c1-11(17)14-19-12-6-4-8-18-15(12)20(14)10-16(2,3)13-7-5-9-21-13/h4-9,11H,10H2,1-3H3. The number of halogens is 1. The van der Waals surface area contributed by atoms with Gasteiger partial charge >= 0.3 is 0 Å². The molecule has 3 aromatic rings. The molecule has 110 valence electrons. The van der Waals surface area contributed by atoms with E-state index in [2.05, 4.69) is 45.9 Å². The summed E-state index contributed by atoms with van der Waals surface area (Å²) in [5.74, 6) is 0.884. The SMILES string of the molecule is CC(Cl)c1nc2cccnc2n1CC(C)(C)c1cccs1. The molecule has 0 spiro atoms. The number of hydrogen-bond donors (Lipinski definition) is 0. The Morgan fingerprint density at radius 2 is 2.14 bits per heavy atom. The molecule has 3 rings (SSSR count). The minimum Gasteiger partial charge on any atom is -0.311 e. The summed E-state index contributed by atoms with van der Waals surface area (Å²) >= 11 is 8.11. The minimum atomic E-state index is -0.140. The van der Waals surface area contributed by atoms with Gasteiger partial charge in [-0.1, -0.05) is 19.9 Å². The van der Waals surface area contributed by atoms with Crippen LogP contribution in [-0.4, -0.2) is 14.5 Å². The van der Waals surface area contributed by atoms with Gasteiger partial charge in [-0.2, -0.15) is 0 Å². The zero-order chi connectivity index (χ0) is 15.0. The van der Waals surface area contributed by atoms with Gasteiger partial charge in [-0.25, -0.2) is 9.97 Å². The summed E-state index contributed by atoms with van der Waals surface area (Å²) in [6.07, 6.45) is 1.81. The Labute approximate surface area is 133 Å². The van der Waals surface area contributed by atoms with E-state index in [9.17, 15) is 0 Å². The molecule has 0 radical (unpaired) electrons. The molecule has 1 unspecified atom stereocenters. The molecule has 0 amide bonds. The predicted molar refractivity (Wildman–Crippen MR) is 89.1 cm³/mol. The first-order valence-electron chi connectivity index (χ1n) is 6.98. The van der Waals surface area contributed by atoms with Gasteiger partial charge in [0.2, 0.25) is 0 Å². The van der Waals surface area contributed by atoms with E-state index in [1.165, 1.54) is 4.88 Å². The van der Waals surface area contributed by atoms with Gasteiger partial charge in [0.05, 0.1) is 5.38 Å². The summed E-state index contributed by atoms with van der Waals surface area (Å²) in [7, 11) is 0. The van der Waals surface area contributed by atoms with Crippen LogP contribution in [-0.2, 0) is 12.0 Å². The highest BCUT2D eigenvalue weighted by Crippen LogP contribution is 2.32. The van der Waals surface area contributed by atoms with Gasteiger partial charge in [-0.15, -0.1) is 22.9 Å². The molecule has 0 bridgehead atoms. The second kappa shape index (κ2) is 5.43. The molecule has 0 aliphatic rings. The Balaban J connectivity index is 2.09. The van der Waals surface area contributed by atoms with Crippen molar-refractivity contribution in [1.82, 2.24) is 14.5 Å². The van der Waals surface area contributed by atoms with Crippen molar-refractivity contribution in [3.8, 4) is 0 Å². The molecule has 3 heterocycles. The largest absolute Gasteiger partial charge is 0.311 e. The van der Waals surface area contributed by atoms with Crippen molar-refractivity contribution in [2.45, 2.75) is 38.1 Å². The van der Waals surface area contributed by atoms with E-state index < -0.39 is 0 Å². The zero-order valence-electron chi connectivity index (χ0n) is 12.4. The summed E-state index contributed by atoms with van der Waals surface area (Å²) in [4.78, 5) is 10.5. The van der Waals surface area contributed by atoms with Crippen molar-refractivity contribution in [2.75, 3.05) is 0 Å². The fourth-order valence-corrected chi connectivity index (χ4v) is 3.58. The molecular weight excluding hydrogens is 302 g/mol. The molecule has 0 aliphatic heterocycles. The van der Waals surface area contributed by atoms with Crippen molar-refractivity contribution < 1.29 is 0 Å². The molecule has 3 aromatic heterocycles. The van der Waals surface area contributed by atoms with Crippen LogP contribution in [0, 0.1) is 0 Å². The first-order valence-corrected chi connectivity index (χ1v) is 8.30. The Morgan fingerprint density at radius 1 is 1.33 bits per heavy atom. The topological polar surface area (TPSA) is 30.7 Å². The van der Waals surface area contributed by atoms with E-state index in [0.29, 0.717) is 0 Å². The second-order valence-electron chi connectivity index (χ2n) is 5.88. The van der Waals surface area contributed by atoms with Gasteiger partial charge in [0.25, 0.3) is 0 Å². The summed E-state index contributed by atoms with van der Waals surface area (Å²) in [6.45, 7) is 7.26. The highest BCUT2D eigenvalue weighted by Gasteiger charge is 2.26. The number of hydrogen-bond acceptors (Lipinski definition) is 3. The van der Waals surface area contributed by atoms with Crippen LogP contribution in [0.5, 0.6) is 0 Å². The molecular formula is C16H18ClN3S. The first kappa shape index (κ1) is 14.5. The maximum Gasteiger partial charge on any atom is 0.160 e. The summed E-state index contributed by atoms with van der Waals surface area (Å²) < 4.78 is 2.16. The molecule has 0 saturated heterocycles. The minimum absolute atomic E-state index is 0.0137. The van der Waals surface area contributed by atoms with Gasteiger partial charge in [-0.05, 0) is 30.5 Å². The van der Waals surface area contributed by atoms with Crippen LogP contribution in [0.25, 0.3) is 11.2 Å². The highest BCUT2D eigenvalue weighted by atomic mass is 35.5. The first-order chi connectivity index (χ1) is 9.99. The van der Waals surface area contributed by atoms with Crippen molar-refractivity contribution in [3.63, 3.8) is 0 Å². The lowest BCUT2D eigenvalue weighted by atomic mass is 9.91. The van der Waals surface area contributed by atoms with Gasteiger partial charge in [0.15, 0.2) is 5.65 Å². The van der Waals surface area contributed by atoms with Gasteiger partial charge < -0.3 is 4.57 Å². The molecule has 1 atom stereocenters. The molecule has 0 fully saturated rings. The maximum atomic E-state index is 6.33. The molecule has 0 saturated carbocycles. The van der Waals surface area contributed by atoms with E-state index in [-0.39, 0.29) is 10.8 Å². The third kappa shape index (κ3) is 2.70. The monoisotopic (exact) mass is 319 g/mol. The van der Waals surface area contributed by atoms with Crippen molar-refractivity contribution in [2.24, 2.45) is 0 Å². The summed E-state index contributed by atoms with van der Waals surface area (Å²) in [5.41, 5.74) is 1.83. The lowest BCUT2D eigenvalue weighted by molar-refractivity contribution is 0.438. The van der Waals surface area contributed by atoms with Crippen molar-refractivity contribution in [1.29, 1.82) is 0 Å². The molecule has 3 nitrogen and oxygen atoms in total. The van der Waals surface area contributed by atoms with Crippen LogP contribution in [0.4, 0.5) is 0 Å². The lowest BCUT2D eigenvalue weighted by Crippen LogP contribution is -2.24. The van der Waals surface area contributed by atoms with E-state index in [0.717, 1.165) is 23.5 Å². The number of aromatic nitrogens is 3. The average Bonchev–Trinajstić information content (AvgIpc) is 3.07. The Hall–Kier alpha value is -1.39. The Kier molecular flexibility index (Phi) is 3.76. The molecule has 0 N–H and O–H groups in total. The average molecular weight is 320 g/mol. The van der Waals surface area contributed by atoms with E-state index >= 15 is 0 Å². The molecule has 5 heteroatoms. The van der Waals surface area contributed by atoms with Crippen LogP contribution in [0.1, 0.15) is 36.8 Å². The van der Waals surface area contributed by atoms with Gasteiger partial charge in [0.1, 0.15) is 11.3 Å². The number of alkyl halides is 1. The van der Waals surface area contributed by atoms with Crippen LogP contribution < -0.4 is 0 Å². The lowest BCUT2D eigenvalue weighted by Gasteiger charge is -2.25. The van der Waals surface area contributed by atoms with E-state index in [1.54, 1.807) is 17.5 Å². The zero-order valence-corrected chi connectivity index (χ0v) is 13.9. The molecule has 0 aromatic carbocycles. The van der Waals surface area contributed by atoms with Crippen LogP contribution >= 0.6 is 22.9 Å². The Morgan fingerprint density at radius 3 is 2.81 bits per heavy atom. The number of imidazole rings is 1. The second-order valence-corrected chi connectivity index (χ2v) is 7.48. The third-order valence-corrected chi connectivity index (χ3v) is 5.06. The van der Waals surface area contributed by atoms with Crippen LogP contribution in [0.3, 0.4) is 0 Å².